The average molecular weight is 371 g/mol. The van der Waals surface area contributed by atoms with Crippen LogP contribution >= 0.6 is 0 Å². The molecule has 2 fully saturated rings. The molecular formula is C20H26FN5O. The number of nitrogens with zero attached hydrogens (tertiary/aromatic N) is 4. The zero-order chi connectivity index (χ0) is 18.7. The van der Waals surface area contributed by atoms with Crippen molar-refractivity contribution in [1.29, 1.82) is 0 Å². The fourth-order valence-corrected chi connectivity index (χ4v) is 3.94. The van der Waals surface area contributed by atoms with E-state index < -0.39 is 0 Å². The molecule has 0 saturated carbocycles. The summed E-state index contributed by atoms with van der Waals surface area (Å²) < 4.78 is 21.7. The molecule has 27 heavy (non-hydrogen) atoms. The lowest BCUT2D eigenvalue weighted by Crippen LogP contribution is -2.41. The number of aromatic nitrogens is 2. The molecule has 1 N–H and O–H groups in total. The maximum Gasteiger partial charge on any atom is 0.194 e. The predicted molar refractivity (Wildman–Crippen MR) is 102 cm³/mol. The summed E-state index contributed by atoms with van der Waals surface area (Å²) in [6.45, 7) is 7.01. The summed E-state index contributed by atoms with van der Waals surface area (Å²) in [5, 5.41) is 3.38. The van der Waals surface area contributed by atoms with Crippen molar-refractivity contribution in [2.24, 2.45) is 10.4 Å². The summed E-state index contributed by atoms with van der Waals surface area (Å²) in [5.41, 5.74) is 1.63. The first-order chi connectivity index (χ1) is 13.2. The molecule has 0 aliphatic carbocycles. The monoisotopic (exact) mass is 371 g/mol. The van der Waals surface area contributed by atoms with Crippen LogP contribution in [0.2, 0.25) is 0 Å². The highest BCUT2D eigenvalue weighted by atomic mass is 19.1. The van der Waals surface area contributed by atoms with Crippen molar-refractivity contribution in [3.05, 3.63) is 48.3 Å². The number of hydrogen-bond acceptors (Lipinski definition) is 3. The molecule has 1 unspecified atom stereocenters. The molecule has 144 valence electrons. The van der Waals surface area contributed by atoms with Crippen LogP contribution < -0.4 is 5.32 Å². The minimum absolute atomic E-state index is 0.270. The van der Waals surface area contributed by atoms with Gasteiger partial charge < -0.3 is 19.5 Å². The van der Waals surface area contributed by atoms with E-state index in [0.717, 1.165) is 57.2 Å². The van der Waals surface area contributed by atoms with Crippen LogP contribution in [0.3, 0.4) is 0 Å². The van der Waals surface area contributed by atoms with E-state index in [9.17, 15) is 4.39 Å². The Kier molecular flexibility index (Phi) is 5.11. The Morgan fingerprint density at radius 3 is 3.04 bits per heavy atom. The molecule has 0 bridgehead atoms. The molecular weight excluding hydrogens is 345 g/mol. The summed E-state index contributed by atoms with van der Waals surface area (Å²) in [6.07, 6.45) is 7.24. The number of benzene rings is 1. The molecule has 1 aromatic heterocycles. The van der Waals surface area contributed by atoms with Crippen molar-refractivity contribution in [2.75, 3.05) is 32.8 Å². The van der Waals surface area contributed by atoms with Gasteiger partial charge in [0.2, 0.25) is 0 Å². The Hall–Kier alpha value is -2.41. The van der Waals surface area contributed by atoms with E-state index in [2.05, 4.69) is 22.1 Å². The number of nitrogens with one attached hydrogen (secondary N) is 1. The third-order valence-electron chi connectivity index (χ3n) is 5.46. The zero-order valence-corrected chi connectivity index (χ0v) is 15.7. The Morgan fingerprint density at radius 2 is 2.33 bits per heavy atom. The molecule has 0 radical (unpaired) electrons. The Labute approximate surface area is 159 Å². The molecule has 1 spiro atoms. The Balaban J connectivity index is 1.47. The second-order valence-corrected chi connectivity index (χ2v) is 7.40. The molecule has 2 saturated heterocycles. The van der Waals surface area contributed by atoms with Crippen LogP contribution in [0.25, 0.3) is 5.69 Å². The maximum atomic E-state index is 14.4. The lowest BCUT2D eigenvalue weighted by molar-refractivity contribution is 0.156. The predicted octanol–water partition coefficient (Wildman–Crippen LogP) is 2.59. The van der Waals surface area contributed by atoms with Gasteiger partial charge in [-0.1, -0.05) is 6.07 Å². The summed E-state index contributed by atoms with van der Waals surface area (Å²) >= 11 is 0. The Morgan fingerprint density at radius 1 is 1.41 bits per heavy atom. The van der Waals surface area contributed by atoms with Crippen LogP contribution in [-0.4, -0.2) is 53.3 Å². The first-order valence-corrected chi connectivity index (χ1v) is 9.57. The largest absolute Gasteiger partial charge is 0.381 e. The van der Waals surface area contributed by atoms with Crippen molar-refractivity contribution in [1.82, 2.24) is 19.8 Å². The minimum atomic E-state index is -0.270. The van der Waals surface area contributed by atoms with Gasteiger partial charge in [-0.25, -0.2) is 14.4 Å². The lowest BCUT2D eigenvalue weighted by Gasteiger charge is -2.25. The lowest BCUT2D eigenvalue weighted by atomic mass is 9.87. The van der Waals surface area contributed by atoms with E-state index in [1.807, 2.05) is 6.07 Å². The maximum absolute atomic E-state index is 14.4. The van der Waals surface area contributed by atoms with E-state index in [1.165, 1.54) is 0 Å². The van der Waals surface area contributed by atoms with Crippen molar-refractivity contribution < 1.29 is 9.13 Å². The zero-order valence-electron chi connectivity index (χ0n) is 15.7. The molecule has 1 atom stereocenters. The van der Waals surface area contributed by atoms with E-state index >= 15 is 0 Å². The molecule has 6 nitrogen and oxygen atoms in total. The molecule has 1 aromatic carbocycles. The summed E-state index contributed by atoms with van der Waals surface area (Å²) in [6, 6.07) is 5.25. The molecule has 0 amide bonds. The first kappa shape index (κ1) is 18.0. The van der Waals surface area contributed by atoms with Crippen LogP contribution in [0.4, 0.5) is 4.39 Å². The number of aliphatic imine (C=N–C) groups is 1. The number of rotatable bonds is 4. The van der Waals surface area contributed by atoms with Gasteiger partial charge in [0.05, 0.1) is 25.2 Å². The highest BCUT2D eigenvalue weighted by Gasteiger charge is 2.42. The van der Waals surface area contributed by atoms with Gasteiger partial charge >= 0.3 is 0 Å². The summed E-state index contributed by atoms with van der Waals surface area (Å²) in [7, 11) is 0. The van der Waals surface area contributed by atoms with Crippen molar-refractivity contribution in [3.63, 3.8) is 0 Å². The van der Waals surface area contributed by atoms with E-state index in [1.54, 1.807) is 35.4 Å². The quantitative estimate of drug-likeness (QED) is 0.663. The van der Waals surface area contributed by atoms with Crippen LogP contribution in [0.1, 0.15) is 25.3 Å². The molecule has 2 aliphatic heterocycles. The number of ether oxygens (including phenoxy) is 1. The molecule has 2 aliphatic rings. The highest BCUT2D eigenvalue weighted by molar-refractivity contribution is 5.80. The number of likely N-dealkylation sites (tertiary alicyclic amines) is 1. The third kappa shape index (κ3) is 3.83. The Bertz CT molecular complexity index is 799. The van der Waals surface area contributed by atoms with Gasteiger partial charge in [0.1, 0.15) is 5.82 Å². The minimum Gasteiger partial charge on any atom is -0.381 e. The third-order valence-corrected chi connectivity index (χ3v) is 5.46. The van der Waals surface area contributed by atoms with Gasteiger partial charge in [0, 0.05) is 44.0 Å². The smallest absolute Gasteiger partial charge is 0.194 e. The SMILES string of the molecule is CCNC(=NCc1ccc(-n2ccnc2)c(F)c1)N1CCC2(CCOC2)C1. The van der Waals surface area contributed by atoms with Crippen LogP contribution in [-0.2, 0) is 11.3 Å². The summed E-state index contributed by atoms with van der Waals surface area (Å²) in [5.74, 6) is 0.634. The van der Waals surface area contributed by atoms with Crippen molar-refractivity contribution in [3.8, 4) is 5.69 Å². The average Bonchev–Trinajstić information content (AvgIpc) is 3.42. The van der Waals surface area contributed by atoms with E-state index in [0.29, 0.717) is 12.2 Å². The van der Waals surface area contributed by atoms with E-state index in [4.69, 9.17) is 9.73 Å². The van der Waals surface area contributed by atoms with Crippen molar-refractivity contribution in [2.45, 2.75) is 26.3 Å². The fourth-order valence-electron chi connectivity index (χ4n) is 3.94. The van der Waals surface area contributed by atoms with Crippen LogP contribution in [0.15, 0.2) is 41.9 Å². The normalized spacial score (nSPS) is 22.7. The summed E-state index contributed by atoms with van der Waals surface area (Å²) in [4.78, 5) is 11.0. The highest BCUT2D eigenvalue weighted by Crippen LogP contribution is 2.38. The van der Waals surface area contributed by atoms with Crippen LogP contribution in [0.5, 0.6) is 0 Å². The molecule has 3 heterocycles. The van der Waals surface area contributed by atoms with Gasteiger partial charge in [-0.05, 0) is 37.5 Å². The van der Waals surface area contributed by atoms with Gasteiger partial charge in [-0.2, -0.15) is 0 Å². The van der Waals surface area contributed by atoms with Crippen LogP contribution in [0, 0.1) is 11.2 Å². The number of halogens is 1. The van der Waals surface area contributed by atoms with Crippen molar-refractivity contribution >= 4 is 5.96 Å². The fraction of sp³-hybridized carbons (Fsp3) is 0.500. The number of guanidine groups is 1. The van der Waals surface area contributed by atoms with Gasteiger partial charge in [0.25, 0.3) is 0 Å². The number of hydrogen-bond donors (Lipinski definition) is 1. The standard InChI is InChI=1S/C20H26FN5O/c1-2-23-19(25-8-5-20(13-25)6-10-27-14-20)24-12-16-3-4-18(17(21)11-16)26-9-7-22-15-26/h3-4,7,9,11,15H,2,5-6,8,10,12-14H2,1H3,(H,23,24). The molecule has 2 aromatic rings. The first-order valence-electron chi connectivity index (χ1n) is 9.57. The second-order valence-electron chi connectivity index (χ2n) is 7.40. The molecule has 4 rings (SSSR count). The van der Waals surface area contributed by atoms with Gasteiger partial charge in [-0.3, -0.25) is 0 Å². The number of imidazole rings is 1. The van der Waals surface area contributed by atoms with Gasteiger partial charge in [0.15, 0.2) is 5.96 Å². The second kappa shape index (κ2) is 7.68. The van der Waals surface area contributed by atoms with E-state index in [-0.39, 0.29) is 11.2 Å². The molecule has 7 heteroatoms. The topological polar surface area (TPSA) is 54.7 Å². The van der Waals surface area contributed by atoms with Gasteiger partial charge in [-0.15, -0.1) is 0 Å².